The summed E-state index contributed by atoms with van der Waals surface area (Å²) >= 11 is 0. The molecule has 0 saturated carbocycles. The molecule has 0 aromatic carbocycles. The number of carbonyl (C=O) groups is 1. The Labute approximate surface area is 612 Å². The zero-order valence-corrected chi connectivity index (χ0v) is 63.7. The van der Waals surface area contributed by atoms with E-state index < -0.39 is 124 Å². The molecule has 0 aliphatic carbocycles. The molecule has 0 aromatic rings. The second-order valence-electron chi connectivity index (χ2n) is 29.9. The number of ether oxygens (including phenoxy) is 6. The van der Waals surface area contributed by atoms with Crippen molar-refractivity contribution in [2.75, 3.05) is 26.4 Å². The van der Waals surface area contributed by atoms with Gasteiger partial charge in [-0.1, -0.05) is 326 Å². The normalized spacial score (nSPS) is 26.4. The van der Waals surface area contributed by atoms with Crippen LogP contribution in [0.5, 0.6) is 0 Å². The van der Waals surface area contributed by atoms with Crippen molar-refractivity contribution in [1.82, 2.24) is 5.32 Å². The van der Waals surface area contributed by atoms with Crippen molar-refractivity contribution >= 4 is 5.91 Å². The van der Waals surface area contributed by atoms with Gasteiger partial charge in [-0.25, -0.2) is 0 Å². The fraction of sp³-hybridized carbons (Fsp3) is 0.915. The van der Waals surface area contributed by atoms with E-state index in [-0.39, 0.29) is 18.9 Å². The number of aliphatic hydroxyl groups excluding tert-OH is 11. The lowest BCUT2D eigenvalue weighted by atomic mass is 9.96. The number of hydrogen-bond donors (Lipinski definition) is 12. The number of allylic oxidation sites excluding steroid dienone is 5. The van der Waals surface area contributed by atoms with Crippen molar-refractivity contribution in [1.29, 1.82) is 0 Å². The Kier molecular flexibility index (Phi) is 58.1. The van der Waals surface area contributed by atoms with E-state index in [1.54, 1.807) is 6.08 Å². The van der Waals surface area contributed by atoms with Crippen LogP contribution in [-0.4, -0.2) is 193 Å². The minimum absolute atomic E-state index is 0.245. The van der Waals surface area contributed by atoms with Gasteiger partial charge in [-0.05, 0) is 51.4 Å². The fourth-order valence-electron chi connectivity index (χ4n) is 14.2. The van der Waals surface area contributed by atoms with Crippen molar-refractivity contribution in [3.63, 3.8) is 0 Å². The molecule has 19 heteroatoms. The Balaban J connectivity index is 1.37. The Morgan fingerprint density at radius 1 is 0.356 bits per heavy atom. The number of aliphatic hydroxyl groups is 11. The summed E-state index contributed by atoms with van der Waals surface area (Å²) in [7, 11) is 0. The highest BCUT2D eigenvalue weighted by atomic mass is 16.8. The Hall–Kier alpha value is -1.99. The molecule has 0 aromatic heterocycles. The van der Waals surface area contributed by atoms with Gasteiger partial charge in [0.25, 0.3) is 0 Å². The number of amides is 1. The highest BCUT2D eigenvalue weighted by molar-refractivity contribution is 5.76. The molecule has 0 bridgehead atoms. The molecule has 3 rings (SSSR count). The maximum Gasteiger partial charge on any atom is 0.220 e. The first-order valence-electron chi connectivity index (χ1n) is 41.7. The SMILES string of the molecule is CCCCCCC/C=C\C/C=C\CCCCCCCCCCCCCCCCCC(=O)NC(COC1OC(CO)C(OC2OC(CO)C(OC3OC(CO)C(O)C(O)C3O)C(O)C2O)C(O)C1O)C(O)/C=C/CCCCCCCCCCCCCCCCCCCCCCCCCCCCC. The van der Waals surface area contributed by atoms with E-state index in [1.165, 1.54) is 270 Å². The van der Waals surface area contributed by atoms with Crippen LogP contribution in [0.4, 0.5) is 0 Å². The highest BCUT2D eigenvalue weighted by Crippen LogP contribution is 2.33. The van der Waals surface area contributed by atoms with Gasteiger partial charge in [0, 0.05) is 6.42 Å². The van der Waals surface area contributed by atoms with Crippen molar-refractivity contribution in [2.24, 2.45) is 0 Å². The summed E-state index contributed by atoms with van der Waals surface area (Å²) in [5.41, 5.74) is 0. The van der Waals surface area contributed by atoms with Gasteiger partial charge in [0.15, 0.2) is 18.9 Å². The fourth-order valence-corrected chi connectivity index (χ4v) is 14.2. The second-order valence-corrected chi connectivity index (χ2v) is 29.9. The molecule has 0 radical (unpaired) electrons. The minimum Gasteiger partial charge on any atom is -0.394 e. The average Bonchev–Trinajstić information content (AvgIpc) is 0.782. The number of nitrogens with one attached hydrogen (secondary N) is 1. The maximum absolute atomic E-state index is 13.5. The van der Waals surface area contributed by atoms with E-state index in [2.05, 4.69) is 43.5 Å². The highest BCUT2D eigenvalue weighted by Gasteiger charge is 2.54. The predicted octanol–water partition coefficient (Wildman–Crippen LogP) is 14.3. The van der Waals surface area contributed by atoms with E-state index >= 15 is 0 Å². The summed E-state index contributed by atoms with van der Waals surface area (Å²) in [6.45, 7) is 1.78. The number of rotatable bonds is 67. The standard InChI is InChI=1S/C82H153NO18/c1-3-5-7-9-11-13-15-17-19-21-23-25-27-29-31-32-34-35-37-39-41-43-45-47-49-51-53-55-57-59-66(87)65(83-70(88)60-58-56-54-52-50-48-46-44-42-40-38-36-33-30-28-26-24-22-20-18-16-14-12-10-8-6-4-2)64-96-80-76(94)73(91)78(68(62-85)98-80)101-82-77(95)74(92)79(69(63-86)99-82)100-81-75(93)72(90)71(89)67(61-84)97-81/h16,18,22,24,57,59,65-69,71-82,84-87,89-95H,3-15,17,19-21,23,25-56,58,60-64H2,1-2H3,(H,83,88)/b18-16-,24-22-,59-57+. The van der Waals surface area contributed by atoms with Crippen molar-refractivity contribution in [3.05, 3.63) is 36.5 Å². The molecule has 101 heavy (non-hydrogen) atoms. The van der Waals surface area contributed by atoms with Gasteiger partial charge in [-0.2, -0.15) is 0 Å². The lowest BCUT2D eigenvalue weighted by molar-refractivity contribution is -0.379. The molecule has 3 saturated heterocycles. The first-order valence-corrected chi connectivity index (χ1v) is 41.7. The van der Waals surface area contributed by atoms with Crippen LogP contribution in [0.1, 0.15) is 348 Å². The van der Waals surface area contributed by atoms with Crippen molar-refractivity contribution in [3.8, 4) is 0 Å². The quantitative estimate of drug-likeness (QED) is 0.0199. The van der Waals surface area contributed by atoms with Crippen LogP contribution < -0.4 is 5.32 Å². The molecule has 12 N–H and O–H groups in total. The first-order chi connectivity index (χ1) is 49.3. The molecule has 17 unspecified atom stereocenters. The van der Waals surface area contributed by atoms with Gasteiger partial charge < -0.3 is 89.9 Å². The van der Waals surface area contributed by atoms with Gasteiger partial charge in [0.2, 0.25) is 5.91 Å². The Morgan fingerprint density at radius 3 is 1.01 bits per heavy atom. The Bertz CT molecular complexity index is 1960. The molecule has 3 fully saturated rings. The molecule has 3 aliphatic rings. The average molecular weight is 1440 g/mol. The summed E-state index contributed by atoms with van der Waals surface area (Å²) in [6.07, 6.45) is 51.3. The van der Waals surface area contributed by atoms with Crippen LogP contribution in [-0.2, 0) is 33.2 Å². The first kappa shape index (κ1) is 93.2. The van der Waals surface area contributed by atoms with E-state index in [0.717, 1.165) is 51.4 Å². The summed E-state index contributed by atoms with van der Waals surface area (Å²) in [5.74, 6) is -0.270. The number of carbonyl (C=O) groups excluding carboxylic acids is 1. The topological polar surface area (TPSA) is 307 Å². The third-order valence-electron chi connectivity index (χ3n) is 20.9. The lowest BCUT2D eigenvalue weighted by Crippen LogP contribution is -2.66. The summed E-state index contributed by atoms with van der Waals surface area (Å²) < 4.78 is 34.5. The second kappa shape index (κ2) is 63.0. The summed E-state index contributed by atoms with van der Waals surface area (Å²) in [6, 6.07) is -0.974. The molecule has 1 amide bonds. The third-order valence-corrected chi connectivity index (χ3v) is 20.9. The molecule has 594 valence electrons. The van der Waals surface area contributed by atoms with Crippen LogP contribution in [0, 0.1) is 0 Å². The summed E-state index contributed by atoms with van der Waals surface area (Å²) in [5, 5.41) is 121. The monoisotopic (exact) mass is 1440 g/mol. The molecule has 3 heterocycles. The molecule has 3 aliphatic heterocycles. The predicted molar refractivity (Wildman–Crippen MR) is 402 cm³/mol. The van der Waals surface area contributed by atoms with Crippen LogP contribution in [0.15, 0.2) is 36.5 Å². The number of unbranched alkanes of at least 4 members (excludes halogenated alkanes) is 47. The largest absolute Gasteiger partial charge is 0.394 e. The lowest BCUT2D eigenvalue weighted by Gasteiger charge is -2.48. The van der Waals surface area contributed by atoms with E-state index in [9.17, 15) is 61.0 Å². The van der Waals surface area contributed by atoms with Crippen molar-refractivity contribution < 1.29 is 89.4 Å². The third kappa shape index (κ3) is 43.0. The van der Waals surface area contributed by atoms with Gasteiger partial charge >= 0.3 is 0 Å². The molecule has 19 nitrogen and oxygen atoms in total. The zero-order chi connectivity index (χ0) is 73.2. The van der Waals surface area contributed by atoms with E-state index in [1.807, 2.05) is 6.08 Å². The van der Waals surface area contributed by atoms with Gasteiger partial charge in [-0.15, -0.1) is 0 Å². The maximum atomic E-state index is 13.5. The molecule has 17 atom stereocenters. The van der Waals surface area contributed by atoms with Crippen LogP contribution in [0.2, 0.25) is 0 Å². The zero-order valence-electron chi connectivity index (χ0n) is 63.7. The molecule has 0 spiro atoms. The van der Waals surface area contributed by atoms with Crippen molar-refractivity contribution in [2.45, 2.75) is 452 Å². The van der Waals surface area contributed by atoms with E-state index in [4.69, 9.17) is 28.4 Å². The minimum atomic E-state index is -1.98. The van der Waals surface area contributed by atoms with Gasteiger partial charge in [0.05, 0.1) is 38.6 Å². The van der Waals surface area contributed by atoms with E-state index in [0.29, 0.717) is 6.42 Å². The Morgan fingerprint density at radius 2 is 0.653 bits per heavy atom. The van der Waals surface area contributed by atoms with Crippen LogP contribution >= 0.6 is 0 Å². The van der Waals surface area contributed by atoms with Gasteiger partial charge in [-0.3, -0.25) is 4.79 Å². The summed E-state index contributed by atoms with van der Waals surface area (Å²) in [4.78, 5) is 13.5. The van der Waals surface area contributed by atoms with Crippen LogP contribution in [0.3, 0.4) is 0 Å². The smallest absolute Gasteiger partial charge is 0.220 e. The molecular weight excluding hydrogens is 1290 g/mol. The number of hydrogen-bond acceptors (Lipinski definition) is 18. The molecular formula is C82H153NO18. The van der Waals surface area contributed by atoms with Gasteiger partial charge in [0.1, 0.15) is 73.2 Å². The van der Waals surface area contributed by atoms with Crippen LogP contribution in [0.25, 0.3) is 0 Å².